The maximum absolute atomic E-state index is 12.4. The summed E-state index contributed by atoms with van der Waals surface area (Å²) in [5.74, 6) is 1.60. The van der Waals surface area contributed by atoms with Gasteiger partial charge in [-0.15, -0.1) is 10.2 Å². The molecule has 0 aliphatic heterocycles. The summed E-state index contributed by atoms with van der Waals surface area (Å²) >= 11 is 0. The maximum atomic E-state index is 12.4. The summed E-state index contributed by atoms with van der Waals surface area (Å²) in [4.78, 5) is 16.7. The number of pyridine rings is 1. The molecule has 1 aromatic carbocycles. The second-order valence-corrected chi connectivity index (χ2v) is 6.61. The Balaban J connectivity index is 1.51. The number of carbonyl (C=O) groups is 1. The van der Waals surface area contributed by atoms with E-state index in [-0.39, 0.29) is 12.5 Å². The van der Waals surface area contributed by atoms with E-state index in [9.17, 15) is 4.79 Å². The normalized spacial score (nSPS) is 11.1. The van der Waals surface area contributed by atoms with Gasteiger partial charge >= 0.3 is 0 Å². The molecule has 28 heavy (non-hydrogen) atoms. The maximum Gasteiger partial charge on any atom is 0.258 e. The predicted molar refractivity (Wildman–Crippen MR) is 103 cm³/mol. The highest BCUT2D eigenvalue weighted by Crippen LogP contribution is 2.19. The van der Waals surface area contributed by atoms with Crippen LogP contribution in [0.1, 0.15) is 40.1 Å². The molecule has 0 saturated carbocycles. The van der Waals surface area contributed by atoms with Crippen LogP contribution >= 0.6 is 0 Å². The van der Waals surface area contributed by atoms with Gasteiger partial charge in [-0.1, -0.05) is 18.1 Å². The molecule has 0 unspecified atom stereocenters. The van der Waals surface area contributed by atoms with Crippen molar-refractivity contribution >= 4 is 11.6 Å². The molecule has 8 nitrogen and oxygen atoms in total. The molecule has 3 heterocycles. The number of carbonyl (C=O) groups excluding carboxylic acids is 1. The zero-order valence-corrected chi connectivity index (χ0v) is 15.9. The zero-order valence-electron chi connectivity index (χ0n) is 15.9. The first-order chi connectivity index (χ1) is 13.5. The van der Waals surface area contributed by atoms with Crippen molar-refractivity contribution in [2.24, 2.45) is 0 Å². The summed E-state index contributed by atoms with van der Waals surface area (Å²) < 4.78 is 7.09. The van der Waals surface area contributed by atoms with E-state index < -0.39 is 0 Å². The van der Waals surface area contributed by atoms with Crippen LogP contribution in [0.3, 0.4) is 0 Å². The second-order valence-electron chi connectivity index (χ2n) is 6.61. The van der Waals surface area contributed by atoms with Gasteiger partial charge in [-0.3, -0.25) is 9.20 Å². The van der Waals surface area contributed by atoms with Gasteiger partial charge in [-0.05, 0) is 49.2 Å². The van der Waals surface area contributed by atoms with E-state index in [1.54, 1.807) is 0 Å². The monoisotopic (exact) mass is 376 g/mol. The lowest BCUT2D eigenvalue weighted by Gasteiger charge is -2.06. The molecule has 0 radical (unpaired) electrons. The molecule has 0 atom stereocenters. The number of hydrogen-bond donors (Lipinski definition) is 1. The average molecular weight is 376 g/mol. The molecule has 1 amide bonds. The summed E-state index contributed by atoms with van der Waals surface area (Å²) in [6.45, 7) is 6.25. The molecule has 142 valence electrons. The number of rotatable bonds is 5. The number of fused-ring (bicyclic) bond motifs is 1. The first kappa shape index (κ1) is 17.8. The van der Waals surface area contributed by atoms with Gasteiger partial charge in [0.1, 0.15) is 0 Å². The third kappa shape index (κ3) is 3.36. The Bertz CT molecular complexity index is 1160. The Labute approximate surface area is 161 Å². The third-order valence-corrected chi connectivity index (χ3v) is 4.69. The highest BCUT2D eigenvalue weighted by molar-refractivity contribution is 5.94. The molecule has 4 rings (SSSR count). The van der Waals surface area contributed by atoms with Gasteiger partial charge in [-0.25, -0.2) is 0 Å². The summed E-state index contributed by atoms with van der Waals surface area (Å²) in [7, 11) is 0. The van der Waals surface area contributed by atoms with Gasteiger partial charge in [-0.2, -0.15) is 4.98 Å². The molecule has 0 aliphatic rings. The fourth-order valence-electron chi connectivity index (χ4n) is 2.85. The minimum atomic E-state index is -0.144. The number of hydrogen-bond acceptors (Lipinski definition) is 6. The minimum Gasteiger partial charge on any atom is -0.345 e. The zero-order chi connectivity index (χ0) is 19.7. The van der Waals surface area contributed by atoms with Crippen molar-refractivity contribution in [1.29, 1.82) is 0 Å². The Hall–Kier alpha value is -3.55. The van der Waals surface area contributed by atoms with Crippen LogP contribution in [0.25, 0.3) is 17.1 Å². The predicted octanol–water partition coefficient (Wildman–Crippen LogP) is 2.89. The molecular weight excluding hydrogens is 356 g/mol. The summed E-state index contributed by atoms with van der Waals surface area (Å²) in [5, 5.41) is 15.2. The van der Waals surface area contributed by atoms with E-state index in [0.29, 0.717) is 35.2 Å². The van der Waals surface area contributed by atoms with E-state index in [4.69, 9.17) is 4.52 Å². The number of nitrogens with one attached hydrogen (secondary N) is 1. The number of amides is 1. The smallest absolute Gasteiger partial charge is 0.258 e. The highest BCUT2D eigenvalue weighted by atomic mass is 16.5. The van der Waals surface area contributed by atoms with Crippen LogP contribution in [0.5, 0.6) is 0 Å². The summed E-state index contributed by atoms with van der Waals surface area (Å²) in [6.07, 6.45) is 2.54. The largest absolute Gasteiger partial charge is 0.345 e. The Morgan fingerprint density at radius 1 is 1.14 bits per heavy atom. The van der Waals surface area contributed by atoms with Gasteiger partial charge in [0.05, 0.1) is 6.54 Å². The standard InChI is InChI=1S/C20H20N6O2/c1-4-16-22-20(28-25-16)15-7-8-26-17(10-15)23-24-18(26)11-21-19(27)14-6-5-12(2)13(3)9-14/h5-10H,4,11H2,1-3H3,(H,21,27). The van der Waals surface area contributed by atoms with Crippen LogP contribution in [-0.4, -0.2) is 30.6 Å². The van der Waals surface area contributed by atoms with Crippen LogP contribution in [0, 0.1) is 13.8 Å². The van der Waals surface area contributed by atoms with E-state index in [2.05, 4.69) is 25.7 Å². The Morgan fingerprint density at radius 3 is 2.75 bits per heavy atom. The van der Waals surface area contributed by atoms with Gasteiger partial charge in [0, 0.05) is 23.7 Å². The molecule has 0 saturated heterocycles. The van der Waals surface area contributed by atoms with Crippen LogP contribution in [0.4, 0.5) is 0 Å². The van der Waals surface area contributed by atoms with Crippen molar-refractivity contribution < 1.29 is 9.32 Å². The molecule has 3 aromatic heterocycles. The Morgan fingerprint density at radius 2 is 2.00 bits per heavy atom. The van der Waals surface area contributed by atoms with Crippen molar-refractivity contribution in [3.05, 3.63) is 64.9 Å². The van der Waals surface area contributed by atoms with Crippen LogP contribution < -0.4 is 5.32 Å². The molecule has 0 bridgehead atoms. The van der Waals surface area contributed by atoms with Crippen molar-refractivity contribution in [2.45, 2.75) is 33.7 Å². The lowest BCUT2D eigenvalue weighted by molar-refractivity contribution is 0.0949. The quantitative estimate of drug-likeness (QED) is 0.575. The number of aromatic nitrogens is 5. The molecule has 1 N–H and O–H groups in total. The van der Waals surface area contributed by atoms with Crippen molar-refractivity contribution in [2.75, 3.05) is 0 Å². The summed E-state index contributed by atoms with van der Waals surface area (Å²) in [6, 6.07) is 9.33. The third-order valence-electron chi connectivity index (χ3n) is 4.69. The van der Waals surface area contributed by atoms with Crippen molar-refractivity contribution in [3.8, 4) is 11.5 Å². The minimum absolute atomic E-state index is 0.144. The van der Waals surface area contributed by atoms with Crippen LogP contribution in [0.15, 0.2) is 41.1 Å². The summed E-state index contributed by atoms with van der Waals surface area (Å²) in [5.41, 5.74) is 4.28. The number of benzene rings is 1. The van der Waals surface area contributed by atoms with E-state index >= 15 is 0 Å². The van der Waals surface area contributed by atoms with Crippen molar-refractivity contribution in [1.82, 2.24) is 30.1 Å². The molecule has 0 fully saturated rings. The van der Waals surface area contributed by atoms with E-state index in [1.807, 2.05) is 61.7 Å². The first-order valence-electron chi connectivity index (χ1n) is 9.07. The molecule has 0 spiro atoms. The fraction of sp³-hybridized carbons (Fsp3) is 0.250. The van der Waals surface area contributed by atoms with E-state index in [1.165, 1.54) is 0 Å². The lowest BCUT2D eigenvalue weighted by atomic mass is 10.1. The topological polar surface area (TPSA) is 98.2 Å². The molecular formula is C20H20N6O2. The Kier molecular flexibility index (Phi) is 4.60. The highest BCUT2D eigenvalue weighted by Gasteiger charge is 2.13. The number of nitrogens with zero attached hydrogens (tertiary/aromatic N) is 5. The molecule has 0 aliphatic carbocycles. The molecule has 8 heteroatoms. The molecule has 4 aromatic rings. The van der Waals surface area contributed by atoms with E-state index in [0.717, 1.165) is 16.7 Å². The average Bonchev–Trinajstić information content (AvgIpc) is 3.34. The van der Waals surface area contributed by atoms with Crippen LogP contribution in [-0.2, 0) is 13.0 Å². The first-order valence-corrected chi connectivity index (χ1v) is 9.07. The second kappa shape index (κ2) is 7.22. The van der Waals surface area contributed by atoms with Gasteiger partial charge in [0.2, 0.25) is 0 Å². The van der Waals surface area contributed by atoms with Crippen LogP contribution in [0.2, 0.25) is 0 Å². The fourth-order valence-corrected chi connectivity index (χ4v) is 2.85. The van der Waals surface area contributed by atoms with Gasteiger partial charge < -0.3 is 9.84 Å². The number of aryl methyl sites for hydroxylation is 3. The van der Waals surface area contributed by atoms with Crippen molar-refractivity contribution in [3.63, 3.8) is 0 Å². The van der Waals surface area contributed by atoms with Gasteiger partial charge in [0.25, 0.3) is 11.8 Å². The van der Waals surface area contributed by atoms with Gasteiger partial charge in [0.15, 0.2) is 17.3 Å². The SMILES string of the molecule is CCc1noc(-c2ccn3c(CNC(=O)c4ccc(C)c(C)c4)nnc3c2)n1. The lowest BCUT2D eigenvalue weighted by Crippen LogP contribution is -2.24.